The molecule has 1 aromatic carbocycles. The summed E-state index contributed by atoms with van der Waals surface area (Å²) in [5.41, 5.74) is 0.736. The zero-order valence-electron chi connectivity index (χ0n) is 42.5. The van der Waals surface area contributed by atoms with E-state index in [9.17, 15) is 14.4 Å². The molecule has 0 atom stereocenters. The first-order valence-electron chi connectivity index (χ1n) is 26.5. The number of hydrogen-bond donors (Lipinski definition) is 0. The van der Waals surface area contributed by atoms with Crippen LogP contribution in [-0.4, -0.2) is 69.9 Å². The van der Waals surface area contributed by atoms with Crippen LogP contribution in [0.25, 0.3) is 0 Å². The fraction of sp³-hybridized carbons (Fsp3) is 0.702. The summed E-state index contributed by atoms with van der Waals surface area (Å²) in [6.45, 7) is 7.06. The number of unbranched alkanes of at least 4 members (excludes halogenated alkanes) is 18. The Kier molecular flexibility index (Phi) is 42.2. The summed E-state index contributed by atoms with van der Waals surface area (Å²) in [7, 11) is 3.96. The molecule has 0 radical (unpaired) electrons. The van der Waals surface area contributed by atoms with Crippen LogP contribution in [0, 0.1) is 0 Å². The van der Waals surface area contributed by atoms with E-state index in [1.54, 1.807) is 0 Å². The smallest absolute Gasteiger partial charge is 0.306 e. The summed E-state index contributed by atoms with van der Waals surface area (Å²) >= 11 is 0. The van der Waals surface area contributed by atoms with Gasteiger partial charge < -0.3 is 28.6 Å². The molecule has 0 aromatic heterocycles. The first kappa shape index (κ1) is 60.2. The molecular formula is C57H95NO8. The third-order valence-corrected chi connectivity index (χ3v) is 11.2. The zero-order valence-corrected chi connectivity index (χ0v) is 42.5. The number of hydrogen-bond acceptors (Lipinski definition) is 9. The minimum absolute atomic E-state index is 0.0871. The van der Waals surface area contributed by atoms with Crippen LogP contribution in [0.3, 0.4) is 0 Å². The van der Waals surface area contributed by atoms with E-state index in [0.29, 0.717) is 63.6 Å². The molecule has 0 aliphatic heterocycles. The maximum absolute atomic E-state index is 12.5. The minimum atomic E-state index is -0.249. The van der Waals surface area contributed by atoms with Crippen molar-refractivity contribution >= 4 is 17.9 Å². The third-order valence-electron chi connectivity index (χ3n) is 11.2. The Morgan fingerprint density at radius 2 is 0.879 bits per heavy atom. The molecule has 0 heterocycles. The number of benzene rings is 1. The molecule has 0 amide bonds. The van der Waals surface area contributed by atoms with Crippen molar-refractivity contribution in [2.45, 2.75) is 213 Å². The lowest BCUT2D eigenvalue weighted by atomic mass is 10.1. The topological polar surface area (TPSA) is 101 Å². The molecule has 376 valence electrons. The predicted octanol–water partition coefficient (Wildman–Crippen LogP) is 15.1. The molecule has 0 saturated heterocycles. The van der Waals surface area contributed by atoms with Crippen LogP contribution in [0.5, 0.6) is 11.5 Å². The lowest BCUT2D eigenvalue weighted by Crippen LogP contribution is -2.15. The van der Waals surface area contributed by atoms with Crippen LogP contribution < -0.4 is 9.47 Å². The molecule has 9 heteroatoms. The van der Waals surface area contributed by atoms with Crippen LogP contribution >= 0.6 is 0 Å². The number of esters is 3. The van der Waals surface area contributed by atoms with E-state index in [-0.39, 0.29) is 24.5 Å². The molecule has 0 aliphatic rings. The average molecular weight is 922 g/mol. The molecular weight excluding hydrogens is 827 g/mol. The van der Waals surface area contributed by atoms with Crippen molar-refractivity contribution < 1.29 is 38.1 Å². The van der Waals surface area contributed by atoms with E-state index in [0.717, 1.165) is 102 Å². The average Bonchev–Trinajstić information content (AvgIpc) is 3.30. The molecule has 0 aliphatic carbocycles. The SMILES string of the molecule is CCCCC/C=C\C/C=C\CCCCCCCC(=O)OCCCCOc1ccc(OCCCCOC(=O)CCCCCCC/C=C\C/C=C\CCCCC)c(COC(=O)CCCN(C)C)c1. The molecule has 1 rings (SSSR count). The Morgan fingerprint density at radius 1 is 0.455 bits per heavy atom. The number of nitrogens with zero attached hydrogens (tertiary/aromatic N) is 1. The van der Waals surface area contributed by atoms with Gasteiger partial charge in [-0.2, -0.15) is 0 Å². The van der Waals surface area contributed by atoms with Crippen molar-refractivity contribution in [2.24, 2.45) is 0 Å². The van der Waals surface area contributed by atoms with Gasteiger partial charge in [0, 0.05) is 24.8 Å². The van der Waals surface area contributed by atoms with Gasteiger partial charge in [0.2, 0.25) is 0 Å². The molecule has 0 fully saturated rings. The quantitative estimate of drug-likeness (QED) is 0.0274. The predicted molar refractivity (Wildman–Crippen MR) is 274 cm³/mol. The van der Waals surface area contributed by atoms with Crippen LogP contribution in [0.2, 0.25) is 0 Å². The molecule has 66 heavy (non-hydrogen) atoms. The Balaban J connectivity index is 2.27. The first-order valence-corrected chi connectivity index (χ1v) is 26.5. The molecule has 0 bridgehead atoms. The van der Waals surface area contributed by atoms with Crippen LogP contribution in [0.4, 0.5) is 0 Å². The van der Waals surface area contributed by atoms with Gasteiger partial charge >= 0.3 is 17.9 Å². The van der Waals surface area contributed by atoms with Gasteiger partial charge in [0.25, 0.3) is 0 Å². The highest BCUT2D eigenvalue weighted by molar-refractivity contribution is 5.70. The summed E-state index contributed by atoms with van der Waals surface area (Å²) in [5.74, 6) is 0.798. The van der Waals surface area contributed by atoms with Crippen molar-refractivity contribution in [1.29, 1.82) is 0 Å². The second-order valence-corrected chi connectivity index (χ2v) is 17.9. The number of ether oxygens (including phenoxy) is 5. The van der Waals surface area contributed by atoms with E-state index in [2.05, 4.69) is 62.5 Å². The van der Waals surface area contributed by atoms with Crippen molar-refractivity contribution in [3.63, 3.8) is 0 Å². The fourth-order valence-electron chi connectivity index (χ4n) is 7.13. The second kappa shape index (κ2) is 46.3. The molecule has 0 spiro atoms. The molecule has 0 unspecified atom stereocenters. The number of allylic oxidation sites excluding steroid dienone is 8. The van der Waals surface area contributed by atoms with Gasteiger partial charge in [-0.05, 0) is 148 Å². The monoisotopic (exact) mass is 922 g/mol. The molecule has 9 nitrogen and oxygen atoms in total. The van der Waals surface area contributed by atoms with Gasteiger partial charge in [0.15, 0.2) is 0 Å². The molecule has 0 N–H and O–H groups in total. The Bertz CT molecular complexity index is 1430. The molecule has 1 aromatic rings. The summed E-state index contributed by atoms with van der Waals surface area (Å²) in [6.07, 6.45) is 48.6. The standard InChI is InChI=1S/C57H95NO8/c1-5-7-9-11-13-15-17-19-21-23-25-27-29-31-33-40-55(59)64-48-37-35-46-62-53-43-44-54(52(50-53)51-66-57(61)42-39-45-58(3)4)63-47-36-38-49-65-56(60)41-34-32-30-28-26-24-22-20-18-16-14-12-10-8-6-2/h13-16,19-22,43-44,50H,5-12,17-18,23-42,45-49,51H2,1-4H3/b15-13-,16-14-,21-19-,22-20-. The maximum Gasteiger partial charge on any atom is 0.306 e. The van der Waals surface area contributed by atoms with Crippen molar-refractivity contribution in [1.82, 2.24) is 4.90 Å². The van der Waals surface area contributed by atoms with Gasteiger partial charge in [-0.15, -0.1) is 0 Å². The molecule has 0 saturated carbocycles. The summed E-state index contributed by atoms with van der Waals surface area (Å²) in [5, 5.41) is 0. The Hall–Kier alpha value is -3.85. The van der Waals surface area contributed by atoms with E-state index in [4.69, 9.17) is 23.7 Å². The second-order valence-electron chi connectivity index (χ2n) is 17.9. The highest BCUT2D eigenvalue weighted by Gasteiger charge is 2.12. The van der Waals surface area contributed by atoms with E-state index in [1.165, 1.54) is 77.0 Å². The van der Waals surface area contributed by atoms with E-state index < -0.39 is 0 Å². The summed E-state index contributed by atoms with van der Waals surface area (Å²) in [6, 6.07) is 5.57. The summed E-state index contributed by atoms with van der Waals surface area (Å²) in [4.78, 5) is 39.0. The number of rotatable bonds is 46. The van der Waals surface area contributed by atoms with Crippen LogP contribution in [0.15, 0.2) is 66.8 Å². The normalized spacial score (nSPS) is 11.8. The van der Waals surface area contributed by atoms with Crippen molar-refractivity contribution in [3.8, 4) is 11.5 Å². The lowest BCUT2D eigenvalue weighted by Gasteiger charge is -2.15. The van der Waals surface area contributed by atoms with Gasteiger partial charge in [0.05, 0.1) is 26.4 Å². The van der Waals surface area contributed by atoms with Gasteiger partial charge in [0.1, 0.15) is 18.1 Å². The van der Waals surface area contributed by atoms with Crippen LogP contribution in [0.1, 0.15) is 212 Å². The van der Waals surface area contributed by atoms with Gasteiger partial charge in [-0.3, -0.25) is 14.4 Å². The highest BCUT2D eigenvalue weighted by Crippen LogP contribution is 2.26. The van der Waals surface area contributed by atoms with Gasteiger partial charge in [-0.25, -0.2) is 0 Å². The first-order chi connectivity index (χ1) is 32.3. The third kappa shape index (κ3) is 40.4. The zero-order chi connectivity index (χ0) is 47.8. The lowest BCUT2D eigenvalue weighted by molar-refractivity contribution is -0.145. The largest absolute Gasteiger partial charge is 0.494 e. The van der Waals surface area contributed by atoms with E-state index >= 15 is 0 Å². The Labute approximate surface area is 403 Å². The van der Waals surface area contributed by atoms with Crippen LogP contribution in [-0.2, 0) is 35.2 Å². The Morgan fingerprint density at radius 3 is 1.38 bits per heavy atom. The maximum atomic E-state index is 12.5. The van der Waals surface area contributed by atoms with Crippen molar-refractivity contribution in [3.05, 3.63) is 72.4 Å². The number of carbonyl (C=O) groups excluding carboxylic acids is 3. The minimum Gasteiger partial charge on any atom is -0.494 e. The summed E-state index contributed by atoms with van der Waals surface area (Å²) < 4.78 is 28.7. The van der Waals surface area contributed by atoms with Gasteiger partial charge in [-0.1, -0.05) is 127 Å². The fourth-order valence-corrected chi connectivity index (χ4v) is 7.13. The highest BCUT2D eigenvalue weighted by atomic mass is 16.5. The van der Waals surface area contributed by atoms with E-state index in [1.807, 2.05) is 37.2 Å². The number of carbonyl (C=O) groups is 3. The van der Waals surface area contributed by atoms with Crippen molar-refractivity contribution in [2.75, 3.05) is 47.1 Å².